The Kier molecular flexibility index (Phi) is 3.85. The van der Waals surface area contributed by atoms with Crippen LogP contribution in [0, 0.1) is 0 Å². The normalized spacial score (nSPS) is 11.3. The molecule has 0 amide bonds. The van der Waals surface area contributed by atoms with E-state index in [9.17, 15) is 0 Å². The molecular weight excluding hydrogens is 374 g/mol. The predicted octanol–water partition coefficient (Wildman–Crippen LogP) is 5.54. The maximum Gasteiger partial charge on any atom is 0.0808 e. The van der Waals surface area contributed by atoms with Crippen molar-refractivity contribution in [3.05, 3.63) is 64.6 Å². The van der Waals surface area contributed by atoms with Crippen LogP contribution in [0.1, 0.15) is 12.5 Å². The fourth-order valence-corrected chi connectivity index (χ4v) is 3.90. The van der Waals surface area contributed by atoms with E-state index in [1.165, 1.54) is 0 Å². The third-order valence-corrected chi connectivity index (χ3v) is 5.45. The van der Waals surface area contributed by atoms with Crippen molar-refractivity contribution < 1.29 is 0 Å². The standard InChI is InChI=1S/C21H18BrN3/c1-2-12-11-16(24)19(22)18-14-9-6-10-15(23)17(14)21(25-20(12)18)13-7-4-3-5-8-13/h3-11H,2,23-24H2,1H3. The number of fused-ring (bicyclic) bond motifs is 3. The fourth-order valence-electron chi connectivity index (χ4n) is 3.39. The second kappa shape index (κ2) is 6.05. The molecule has 0 saturated carbocycles. The van der Waals surface area contributed by atoms with E-state index in [-0.39, 0.29) is 0 Å². The molecule has 0 unspecified atom stereocenters. The number of rotatable bonds is 2. The van der Waals surface area contributed by atoms with Gasteiger partial charge in [-0.25, -0.2) is 4.98 Å². The molecular formula is C21H18BrN3. The number of nitrogens with two attached hydrogens (primary N) is 2. The highest BCUT2D eigenvalue weighted by atomic mass is 79.9. The zero-order valence-corrected chi connectivity index (χ0v) is 15.5. The zero-order valence-electron chi connectivity index (χ0n) is 13.9. The molecule has 25 heavy (non-hydrogen) atoms. The van der Waals surface area contributed by atoms with E-state index in [1.54, 1.807) is 0 Å². The lowest BCUT2D eigenvalue weighted by molar-refractivity contribution is 1.15. The summed E-state index contributed by atoms with van der Waals surface area (Å²) in [5.74, 6) is 0. The van der Waals surface area contributed by atoms with E-state index in [4.69, 9.17) is 16.5 Å². The van der Waals surface area contributed by atoms with Crippen molar-refractivity contribution in [2.45, 2.75) is 13.3 Å². The van der Waals surface area contributed by atoms with Crippen molar-refractivity contribution >= 4 is 49.0 Å². The summed E-state index contributed by atoms with van der Waals surface area (Å²) in [6, 6.07) is 18.2. The van der Waals surface area contributed by atoms with Crippen LogP contribution in [0.5, 0.6) is 0 Å². The highest BCUT2D eigenvalue weighted by molar-refractivity contribution is 9.10. The highest BCUT2D eigenvalue weighted by Crippen LogP contribution is 2.41. The number of aryl methyl sites for hydroxylation is 1. The van der Waals surface area contributed by atoms with Crippen molar-refractivity contribution in [2.75, 3.05) is 11.5 Å². The maximum absolute atomic E-state index is 6.36. The van der Waals surface area contributed by atoms with Gasteiger partial charge in [0.05, 0.1) is 15.7 Å². The smallest absolute Gasteiger partial charge is 0.0808 e. The minimum Gasteiger partial charge on any atom is -0.398 e. The minimum absolute atomic E-state index is 0.720. The molecule has 4 heteroatoms. The molecule has 0 radical (unpaired) electrons. The molecule has 0 aliphatic rings. The summed E-state index contributed by atoms with van der Waals surface area (Å²) in [6.07, 6.45) is 0.864. The average Bonchev–Trinajstić information content (AvgIpc) is 2.64. The van der Waals surface area contributed by atoms with Crippen LogP contribution in [0.15, 0.2) is 59.1 Å². The molecule has 124 valence electrons. The fraction of sp³-hybridized carbons (Fsp3) is 0.0952. The molecule has 3 nitrogen and oxygen atoms in total. The molecule has 1 heterocycles. The van der Waals surface area contributed by atoms with E-state index >= 15 is 0 Å². The molecule has 0 aliphatic heterocycles. The third kappa shape index (κ3) is 2.45. The average molecular weight is 392 g/mol. The number of benzene rings is 3. The van der Waals surface area contributed by atoms with Gasteiger partial charge in [0.15, 0.2) is 0 Å². The second-order valence-corrected chi connectivity index (χ2v) is 6.91. The van der Waals surface area contributed by atoms with Crippen LogP contribution in [0.4, 0.5) is 11.4 Å². The van der Waals surface area contributed by atoms with Crippen molar-refractivity contribution in [3.63, 3.8) is 0 Å². The predicted molar refractivity (Wildman–Crippen MR) is 111 cm³/mol. The first-order chi connectivity index (χ1) is 12.1. The van der Waals surface area contributed by atoms with Crippen LogP contribution < -0.4 is 11.5 Å². The quantitative estimate of drug-likeness (QED) is 0.348. The number of nitrogen functional groups attached to an aromatic ring is 2. The van der Waals surface area contributed by atoms with Crippen molar-refractivity contribution in [1.82, 2.24) is 4.98 Å². The van der Waals surface area contributed by atoms with E-state index in [1.807, 2.05) is 36.4 Å². The molecule has 0 fully saturated rings. The molecule has 0 atom stereocenters. The largest absolute Gasteiger partial charge is 0.398 e. The van der Waals surface area contributed by atoms with Gasteiger partial charge in [0.2, 0.25) is 0 Å². The Morgan fingerprint density at radius 3 is 2.40 bits per heavy atom. The van der Waals surface area contributed by atoms with Crippen LogP contribution in [0.25, 0.3) is 32.9 Å². The van der Waals surface area contributed by atoms with E-state index in [0.29, 0.717) is 0 Å². The highest BCUT2D eigenvalue weighted by Gasteiger charge is 2.17. The van der Waals surface area contributed by atoms with Crippen LogP contribution in [-0.4, -0.2) is 4.98 Å². The molecule has 1 aromatic heterocycles. The van der Waals surface area contributed by atoms with Gasteiger partial charge in [-0.3, -0.25) is 0 Å². The summed E-state index contributed by atoms with van der Waals surface area (Å²) in [6.45, 7) is 2.12. The topological polar surface area (TPSA) is 64.9 Å². The Morgan fingerprint density at radius 1 is 0.920 bits per heavy atom. The molecule has 0 saturated heterocycles. The lowest BCUT2D eigenvalue weighted by Gasteiger charge is -2.16. The molecule has 3 aromatic carbocycles. The van der Waals surface area contributed by atoms with Gasteiger partial charge < -0.3 is 11.5 Å². The first-order valence-electron chi connectivity index (χ1n) is 8.26. The Morgan fingerprint density at radius 2 is 1.68 bits per heavy atom. The molecule has 4 rings (SSSR count). The SMILES string of the molecule is CCc1cc(N)c(Br)c2c1nc(-c1ccccc1)c1c(N)cccc12. The number of nitrogens with zero attached hydrogens (tertiary/aromatic N) is 1. The van der Waals surface area contributed by atoms with Crippen LogP contribution >= 0.6 is 15.9 Å². The monoisotopic (exact) mass is 391 g/mol. The summed E-state index contributed by atoms with van der Waals surface area (Å²) >= 11 is 3.66. The lowest BCUT2D eigenvalue weighted by atomic mass is 9.96. The Balaban J connectivity index is 2.28. The van der Waals surface area contributed by atoms with Gasteiger partial charge in [0.1, 0.15) is 0 Å². The Bertz CT molecular complexity index is 1100. The number of hydrogen-bond acceptors (Lipinski definition) is 3. The van der Waals surface area contributed by atoms with Gasteiger partial charge >= 0.3 is 0 Å². The summed E-state index contributed by atoms with van der Waals surface area (Å²) in [4.78, 5) is 5.04. The molecule has 4 aromatic rings. The van der Waals surface area contributed by atoms with Gasteiger partial charge in [0.25, 0.3) is 0 Å². The minimum atomic E-state index is 0.720. The molecule has 0 spiro atoms. The maximum atomic E-state index is 6.36. The number of aromatic nitrogens is 1. The summed E-state index contributed by atoms with van der Waals surface area (Å²) in [7, 11) is 0. The second-order valence-electron chi connectivity index (χ2n) is 6.11. The van der Waals surface area contributed by atoms with E-state index in [2.05, 4.69) is 41.1 Å². The first-order valence-corrected chi connectivity index (χ1v) is 9.05. The Labute approximate surface area is 154 Å². The summed E-state index contributed by atoms with van der Waals surface area (Å²) in [5, 5.41) is 3.06. The van der Waals surface area contributed by atoms with Gasteiger partial charge in [-0.15, -0.1) is 0 Å². The van der Waals surface area contributed by atoms with Crippen LogP contribution in [-0.2, 0) is 6.42 Å². The zero-order chi connectivity index (χ0) is 17.6. The van der Waals surface area contributed by atoms with Crippen LogP contribution in [0.2, 0.25) is 0 Å². The van der Waals surface area contributed by atoms with Gasteiger partial charge in [-0.1, -0.05) is 49.4 Å². The molecule has 0 bridgehead atoms. The van der Waals surface area contributed by atoms with Crippen molar-refractivity contribution in [3.8, 4) is 11.3 Å². The number of anilines is 2. The number of halogens is 1. The first kappa shape index (κ1) is 15.9. The molecule has 0 aliphatic carbocycles. The van der Waals surface area contributed by atoms with E-state index in [0.717, 1.165) is 60.8 Å². The van der Waals surface area contributed by atoms with Gasteiger partial charge in [-0.05, 0) is 45.4 Å². The van der Waals surface area contributed by atoms with Crippen LogP contribution in [0.3, 0.4) is 0 Å². The third-order valence-electron chi connectivity index (χ3n) is 4.60. The summed E-state index contributed by atoms with van der Waals surface area (Å²) < 4.78 is 0.877. The van der Waals surface area contributed by atoms with Crippen molar-refractivity contribution in [2.24, 2.45) is 0 Å². The lowest BCUT2D eigenvalue weighted by Crippen LogP contribution is -1.99. The summed E-state index contributed by atoms with van der Waals surface area (Å²) in [5.41, 5.74) is 18.1. The number of pyridine rings is 1. The van der Waals surface area contributed by atoms with Gasteiger partial charge in [0, 0.05) is 27.7 Å². The number of hydrogen-bond donors (Lipinski definition) is 2. The van der Waals surface area contributed by atoms with Gasteiger partial charge in [-0.2, -0.15) is 0 Å². The molecule has 4 N–H and O–H groups in total. The Hall–Kier alpha value is -2.59. The van der Waals surface area contributed by atoms with E-state index < -0.39 is 0 Å². The van der Waals surface area contributed by atoms with Crippen molar-refractivity contribution in [1.29, 1.82) is 0 Å².